The molecule has 0 heterocycles. The van der Waals surface area contributed by atoms with Crippen LogP contribution in [0.15, 0.2) is 23.8 Å². The van der Waals surface area contributed by atoms with E-state index in [1.807, 2.05) is 13.8 Å². The Morgan fingerprint density at radius 2 is 1.95 bits per heavy atom. The van der Waals surface area contributed by atoms with Gasteiger partial charge in [0.1, 0.15) is 0 Å². The molecule has 0 unspecified atom stereocenters. The molecule has 3 heteroatoms. The maximum Gasteiger partial charge on any atom is 0.0834 e. The van der Waals surface area contributed by atoms with E-state index in [2.05, 4.69) is 19.6 Å². The lowest BCUT2D eigenvalue weighted by Gasteiger charge is -2.49. The van der Waals surface area contributed by atoms with Gasteiger partial charge in [-0.25, -0.2) is 0 Å². The molecule has 1 saturated carbocycles. The number of nitriles is 1. The molecule has 0 spiro atoms. The van der Waals surface area contributed by atoms with Crippen LogP contribution in [-0.2, 0) is 0 Å². The third kappa shape index (κ3) is 2.13. The predicted molar refractivity (Wildman–Crippen MR) is 74.0 cm³/mol. The van der Waals surface area contributed by atoms with Gasteiger partial charge in [0, 0.05) is 5.92 Å². The zero-order chi connectivity index (χ0) is 14.4. The van der Waals surface area contributed by atoms with E-state index in [-0.39, 0.29) is 17.8 Å². The van der Waals surface area contributed by atoms with E-state index in [4.69, 9.17) is 0 Å². The fourth-order valence-corrected chi connectivity index (χ4v) is 3.97. The summed E-state index contributed by atoms with van der Waals surface area (Å²) < 4.78 is 0. The number of hydrogen-bond acceptors (Lipinski definition) is 3. The van der Waals surface area contributed by atoms with Crippen LogP contribution in [0.2, 0.25) is 0 Å². The number of hydrogen-bond donors (Lipinski definition) is 2. The largest absolute Gasteiger partial charge is 0.389 e. The van der Waals surface area contributed by atoms with Crippen molar-refractivity contribution in [1.29, 1.82) is 5.26 Å². The molecule has 0 aromatic carbocycles. The Bertz CT molecular complexity index is 462. The molecule has 0 radical (unpaired) electrons. The zero-order valence-corrected chi connectivity index (χ0v) is 11.9. The van der Waals surface area contributed by atoms with E-state index in [1.165, 1.54) is 0 Å². The number of aliphatic hydroxyl groups excluding tert-OH is 2. The molecular weight excluding hydrogens is 238 g/mol. The monoisotopic (exact) mass is 261 g/mol. The van der Waals surface area contributed by atoms with E-state index < -0.39 is 17.6 Å². The van der Waals surface area contributed by atoms with E-state index in [0.29, 0.717) is 12.0 Å². The first-order valence-corrected chi connectivity index (χ1v) is 6.97. The molecule has 6 atom stereocenters. The summed E-state index contributed by atoms with van der Waals surface area (Å²) in [5.74, 6) is 0.268. The lowest BCUT2D eigenvalue weighted by molar-refractivity contribution is 0.0290. The van der Waals surface area contributed by atoms with Crippen molar-refractivity contribution in [2.45, 2.75) is 45.8 Å². The van der Waals surface area contributed by atoms with E-state index in [9.17, 15) is 15.5 Å². The highest BCUT2D eigenvalue weighted by molar-refractivity contribution is 5.36. The first-order chi connectivity index (χ1) is 8.82. The van der Waals surface area contributed by atoms with Gasteiger partial charge in [0.25, 0.3) is 0 Å². The van der Waals surface area contributed by atoms with Crippen LogP contribution in [0.5, 0.6) is 0 Å². The third-order valence-corrected chi connectivity index (χ3v) is 4.88. The van der Waals surface area contributed by atoms with Crippen molar-refractivity contribution in [3.63, 3.8) is 0 Å². The Balaban J connectivity index is 2.48. The van der Waals surface area contributed by atoms with Crippen LogP contribution < -0.4 is 0 Å². The summed E-state index contributed by atoms with van der Waals surface area (Å²) in [6.07, 6.45) is 1.82. The van der Waals surface area contributed by atoms with Gasteiger partial charge in [-0.3, -0.25) is 0 Å². The van der Waals surface area contributed by atoms with E-state index in [1.54, 1.807) is 6.08 Å². The molecule has 0 aromatic heterocycles. The second-order valence-corrected chi connectivity index (χ2v) is 6.49. The number of fused-ring (bicyclic) bond motifs is 1. The average molecular weight is 261 g/mol. The summed E-state index contributed by atoms with van der Waals surface area (Å²) in [5.41, 5.74) is 1.05. The lowest BCUT2D eigenvalue weighted by Crippen LogP contribution is -2.48. The smallest absolute Gasteiger partial charge is 0.0834 e. The quantitative estimate of drug-likeness (QED) is 0.712. The molecule has 0 aliphatic heterocycles. The first-order valence-electron chi connectivity index (χ1n) is 6.97. The van der Waals surface area contributed by atoms with Crippen LogP contribution in [0.3, 0.4) is 0 Å². The second-order valence-electron chi connectivity index (χ2n) is 6.49. The van der Waals surface area contributed by atoms with Gasteiger partial charge in [0.15, 0.2) is 0 Å². The van der Waals surface area contributed by atoms with Crippen LogP contribution in [0, 0.1) is 34.5 Å². The van der Waals surface area contributed by atoms with Crippen molar-refractivity contribution in [2.75, 3.05) is 0 Å². The number of rotatable bonds is 1. The highest BCUT2D eigenvalue weighted by Gasteiger charge is 2.51. The van der Waals surface area contributed by atoms with Crippen LogP contribution in [-0.4, -0.2) is 22.4 Å². The van der Waals surface area contributed by atoms with Crippen molar-refractivity contribution < 1.29 is 10.2 Å². The summed E-state index contributed by atoms with van der Waals surface area (Å²) in [7, 11) is 0. The van der Waals surface area contributed by atoms with Crippen LogP contribution >= 0.6 is 0 Å². The Hall–Kier alpha value is -1.11. The molecule has 3 nitrogen and oxygen atoms in total. The Morgan fingerprint density at radius 3 is 2.47 bits per heavy atom. The average Bonchev–Trinajstić information content (AvgIpc) is 2.31. The van der Waals surface area contributed by atoms with Crippen LogP contribution in [0.1, 0.15) is 33.6 Å². The molecule has 2 N–H and O–H groups in total. The summed E-state index contributed by atoms with van der Waals surface area (Å²) in [4.78, 5) is 0. The SMILES string of the molecule is C=C(C)[C@@H]1[C@@H](C)C[C@]2(C#N)C[C@@H](C)[C@H](O)C=C2[C@@H]1O. The predicted octanol–water partition coefficient (Wildman–Crippen LogP) is 2.42. The minimum atomic E-state index is -0.692. The minimum absolute atomic E-state index is 0.0201. The Labute approximate surface area is 115 Å². The van der Waals surface area contributed by atoms with Crippen molar-refractivity contribution >= 4 is 0 Å². The second kappa shape index (κ2) is 4.77. The van der Waals surface area contributed by atoms with Crippen molar-refractivity contribution in [3.8, 4) is 6.07 Å². The molecule has 0 aromatic rings. The van der Waals surface area contributed by atoms with Crippen molar-refractivity contribution in [1.82, 2.24) is 0 Å². The Morgan fingerprint density at radius 1 is 1.37 bits per heavy atom. The van der Waals surface area contributed by atoms with Crippen LogP contribution in [0.25, 0.3) is 0 Å². The van der Waals surface area contributed by atoms with E-state index >= 15 is 0 Å². The molecule has 1 fully saturated rings. The molecule has 0 bridgehead atoms. The fraction of sp³-hybridized carbons (Fsp3) is 0.688. The first kappa shape index (κ1) is 14.3. The molecule has 0 saturated heterocycles. The summed E-state index contributed by atoms with van der Waals surface area (Å²) in [6.45, 7) is 9.92. The molecule has 2 rings (SSSR count). The molecule has 104 valence electrons. The van der Waals surface area contributed by atoms with Gasteiger partial charge in [-0.2, -0.15) is 5.26 Å². The topological polar surface area (TPSA) is 64.2 Å². The normalized spacial score (nSPS) is 45.9. The Kier molecular flexibility index (Phi) is 3.59. The van der Waals surface area contributed by atoms with Gasteiger partial charge in [0.2, 0.25) is 0 Å². The van der Waals surface area contributed by atoms with Gasteiger partial charge in [-0.1, -0.05) is 32.1 Å². The van der Waals surface area contributed by atoms with Gasteiger partial charge >= 0.3 is 0 Å². The molecule has 0 amide bonds. The van der Waals surface area contributed by atoms with Gasteiger partial charge in [-0.15, -0.1) is 0 Å². The fourth-order valence-electron chi connectivity index (χ4n) is 3.97. The van der Waals surface area contributed by atoms with Crippen molar-refractivity contribution in [3.05, 3.63) is 23.8 Å². The maximum absolute atomic E-state index is 10.6. The molecule has 19 heavy (non-hydrogen) atoms. The lowest BCUT2D eigenvalue weighted by atomic mass is 9.56. The summed E-state index contributed by atoms with van der Waals surface area (Å²) >= 11 is 0. The molecular formula is C16H23NO2. The van der Waals surface area contributed by atoms with E-state index in [0.717, 1.165) is 12.0 Å². The standard InChI is InChI=1S/C16H23NO2/c1-9(2)14-11(4)7-16(8-17)6-10(3)13(18)5-12(16)15(14)19/h5,10-11,13-15,18-19H,1,6-7H2,2-4H3/t10-,11+,13-,14-,15+,16+/m1/s1. The third-order valence-electron chi connectivity index (χ3n) is 4.88. The summed E-state index contributed by atoms with van der Waals surface area (Å²) in [6, 6.07) is 2.42. The summed E-state index contributed by atoms with van der Waals surface area (Å²) in [5, 5.41) is 30.3. The highest BCUT2D eigenvalue weighted by Crippen LogP contribution is 2.53. The van der Waals surface area contributed by atoms with Gasteiger partial charge < -0.3 is 10.2 Å². The van der Waals surface area contributed by atoms with Crippen LogP contribution in [0.4, 0.5) is 0 Å². The van der Waals surface area contributed by atoms with Crippen molar-refractivity contribution in [2.24, 2.45) is 23.2 Å². The number of nitrogens with zero attached hydrogens (tertiary/aromatic N) is 1. The molecule has 2 aliphatic rings. The maximum atomic E-state index is 10.6. The van der Waals surface area contributed by atoms with Gasteiger partial charge in [-0.05, 0) is 37.2 Å². The highest BCUT2D eigenvalue weighted by atomic mass is 16.3. The number of aliphatic hydroxyl groups is 2. The zero-order valence-electron chi connectivity index (χ0n) is 11.9. The minimum Gasteiger partial charge on any atom is -0.389 e. The van der Waals surface area contributed by atoms with Gasteiger partial charge in [0.05, 0.1) is 23.7 Å². The molecule has 2 aliphatic carbocycles.